The molecular weight excluding hydrogens is 218 g/mol. The molecular formula is C13H17NOS. The van der Waals surface area contributed by atoms with Crippen LogP contribution >= 0.6 is 11.8 Å². The van der Waals surface area contributed by atoms with Crippen molar-refractivity contribution in [2.75, 3.05) is 19.4 Å². The van der Waals surface area contributed by atoms with Crippen molar-refractivity contribution in [2.24, 2.45) is 0 Å². The summed E-state index contributed by atoms with van der Waals surface area (Å²) in [6, 6.07) is 10.8. The fourth-order valence-electron chi connectivity index (χ4n) is 1.68. The van der Waals surface area contributed by atoms with Crippen LogP contribution < -0.4 is 5.32 Å². The lowest BCUT2D eigenvalue weighted by Gasteiger charge is -2.16. The van der Waals surface area contributed by atoms with Crippen molar-refractivity contribution >= 4 is 11.8 Å². The van der Waals surface area contributed by atoms with E-state index in [9.17, 15) is 0 Å². The van der Waals surface area contributed by atoms with Gasteiger partial charge in [0.2, 0.25) is 0 Å². The third kappa shape index (κ3) is 3.03. The van der Waals surface area contributed by atoms with Gasteiger partial charge in [0.15, 0.2) is 0 Å². The molecule has 0 aromatic heterocycles. The normalized spacial score (nSPS) is 16.7. The molecule has 2 nitrogen and oxygen atoms in total. The Morgan fingerprint density at radius 2 is 2.19 bits per heavy atom. The minimum absolute atomic E-state index is 0.327. The average molecular weight is 235 g/mol. The lowest BCUT2D eigenvalue weighted by molar-refractivity contribution is 0.222. The maximum absolute atomic E-state index is 5.58. The third-order valence-electron chi connectivity index (χ3n) is 2.58. The molecule has 0 bridgehead atoms. The molecule has 1 unspecified atom stereocenters. The Kier molecular flexibility index (Phi) is 4.31. The van der Waals surface area contributed by atoms with E-state index in [-0.39, 0.29) is 0 Å². The maximum Gasteiger partial charge on any atom is 0.110 e. The Labute approximate surface area is 101 Å². The summed E-state index contributed by atoms with van der Waals surface area (Å²) < 4.78 is 5.58. The SMILES string of the molecule is CNC(CSc1ccccc1)C1=CCCO1. The first-order valence-electron chi connectivity index (χ1n) is 5.58. The summed E-state index contributed by atoms with van der Waals surface area (Å²) in [6.45, 7) is 0.837. The highest BCUT2D eigenvalue weighted by molar-refractivity contribution is 7.99. The van der Waals surface area contributed by atoms with Gasteiger partial charge in [0.05, 0.1) is 12.6 Å². The monoisotopic (exact) mass is 235 g/mol. The summed E-state index contributed by atoms with van der Waals surface area (Å²) in [7, 11) is 1.98. The number of nitrogens with one attached hydrogen (secondary N) is 1. The molecule has 16 heavy (non-hydrogen) atoms. The van der Waals surface area contributed by atoms with E-state index in [0.29, 0.717) is 6.04 Å². The molecule has 0 saturated heterocycles. The second-order valence-electron chi connectivity index (χ2n) is 3.71. The standard InChI is InChI=1S/C13H17NOS/c1-14-12(13-8-5-9-15-13)10-16-11-6-3-2-4-7-11/h2-4,6-8,12,14H,5,9-10H2,1H3. The van der Waals surface area contributed by atoms with Crippen molar-refractivity contribution in [1.82, 2.24) is 5.32 Å². The van der Waals surface area contributed by atoms with Gasteiger partial charge in [-0.3, -0.25) is 0 Å². The van der Waals surface area contributed by atoms with E-state index in [1.54, 1.807) is 0 Å². The molecule has 1 atom stereocenters. The van der Waals surface area contributed by atoms with Crippen LogP contribution in [0.15, 0.2) is 47.1 Å². The van der Waals surface area contributed by atoms with Crippen LogP contribution in [0.1, 0.15) is 6.42 Å². The van der Waals surface area contributed by atoms with Crippen LogP contribution in [0.25, 0.3) is 0 Å². The first-order chi connectivity index (χ1) is 7.90. The number of thioether (sulfide) groups is 1. The fourth-order valence-corrected chi connectivity index (χ4v) is 2.72. The van der Waals surface area contributed by atoms with Gasteiger partial charge in [0.25, 0.3) is 0 Å². The fraction of sp³-hybridized carbons (Fsp3) is 0.385. The van der Waals surface area contributed by atoms with Crippen molar-refractivity contribution in [1.29, 1.82) is 0 Å². The summed E-state index contributed by atoms with van der Waals surface area (Å²) in [5.74, 6) is 2.11. The predicted octanol–water partition coefficient (Wildman–Crippen LogP) is 2.67. The van der Waals surface area contributed by atoms with Crippen LogP contribution in [0, 0.1) is 0 Å². The van der Waals surface area contributed by atoms with Crippen molar-refractivity contribution < 1.29 is 4.74 Å². The van der Waals surface area contributed by atoms with E-state index in [2.05, 4.69) is 35.7 Å². The molecule has 3 heteroatoms. The topological polar surface area (TPSA) is 21.3 Å². The van der Waals surface area contributed by atoms with Gasteiger partial charge in [-0.1, -0.05) is 18.2 Å². The lowest BCUT2D eigenvalue weighted by atomic mass is 10.2. The van der Waals surface area contributed by atoms with Crippen LogP contribution in [0.5, 0.6) is 0 Å². The molecule has 1 aromatic rings. The Morgan fingerprint density at radius 1 is 1.38 bits per heavy atom. The highest BCUT2D eigenvalue weighted by Gasteiger charge is 2.16. The van der Waals surface area contributed by atoms with Crippen molar-refractivity contribution in [3.63, 3.8) is 0 Å². The minimum atomic E-state index is 0.327. The van der Waals surface area contributed by atoms with Crippen LogP contribution in [-0.2, 0) is 4.74 Å². The van der Waals surface area contributed by atoms with Gasteiger partial charge < -0.3 is 10.1 Å². The number of likely N-dealkylation sites (N-methyl/N-ethyl adjacent to an activating group) is 1. The average Bonchev–Trinajstić information content (AvgIpc) is 2.85. The van der Waals surface area contributed by atoms with Crippen LogP contribution in [0.4, 0.5) is 0 Å². The van der Waals surface area contributed by atoms with E-state index < -0.39 is 0 Å². The highest BCUT2D eigenvalue weighted by atomic mass is 32.2. The first kappa shape index (κ1) is 11.6. The summed E-state index contributed by atoms with van der Waals surface area (Å²) >= 11 is 1.86. The summed E-state index contributed by atoms with van der Waals surface area (Å²) in [5.41, 5.74) is 0. The van der Waals surface area contributed by atoms with Gasteiger partial charge in [0.1, 0.15) is 5.76 Å². The van der Waals surface area contributed by atoms with Crippen molar-refractivity contribution in [2.45, 2.75) is 17.4 Å². The number of rotatable bonds is 5. The van der Waals surface area contributed by atoms with Crippen molar-refractivity contribution in [3.8, 4) is 0 Å². The number of ether oxygens (including phenoxy) is 1. The van der Waals surface area contributed by atoms with E-state index in [1.165, 1.54) is 4.90 Å². The lowest BCUT2D eigenvalue weighted by Crippen LogP contribution is -2.30. The smallest absolute Gasteiger partial charge is 0.110 e. The molecule has 1 aliphatic rings. The molecule has 1 heterocycles. The first-order valence-corrected chi connectivity index (χ1v) is 6.56. The minimum Gasteiger partial charge on any atom is -0.496 e. The molecule has 0 radical (unpaired) electrons. The second kappa shape index (κ2) is 5.97. The van der Waals surface area contributed by atoms with E-state index in [0.717, 1.165) is 24.5 Å². The van der Waals surface area contributed by atoms with Gasteiger partial charge in [0, 0.05) is 17.1 Å². The second-order valence-corrected chi connectivity index (χ2v) is 4.80. The molecule has 0 amide bonds. The third-order valence-corrected chi connectivity index (χ3v) is 3.69. The van der Waals surface area contributed by atoms with Crippen LogP contribution in [-0.4, -0.2) is 25.4 Å². The summed E-state index contributed by atoms with van der Waals surface area (Å²) in [5, 5.41) is 3.30. The Morgan fingerprint density at radius 3 is 2.81 bits per heavy atom. The highest BCUT2D eigenvalue weighted by Crippen LogP contribution is 2.22. The Balaban J connectivity index is 1.88. The zero-order chi connectivity index (χ0) is 11.2. The largest absolute Gasteiger partial charge is 0.496 e. The van der Waals surface area contributed by atoms with Gasteiger partial charge in [-0.2, -0.15) is 0 Å². The van der Waals surface area contributed by atoms with Crippen LogP contribution in [0.3, 0.4) is 0 Å². The summed E-state index contributed by atoms with van der Waals surface area (Å²) in [4.78, 5) is 1.31. The van der Waals surface area contributed by atoms with Gasteiger partial charge in [-0.25, -0.2) is 0 Å². The van der Waals surface area contributed by atoms with Gasteiger partial charge >= 0.3 is 0 Å². The zero-order valence-corrected chi connectivity index (χ0v) is 10.3. The molecule has 0 aliphatic carbocycles. The van der Waals surface area contributed by atoms with Gasteiger partial charge in [-0.05, 0) is 25.3 Å². The number of hydrogen-bond acceptors (Lipinski definition) is 3. The molecule has 2 rings (SSSR count). The number of benzene rings is 1. The van der Waals surface area contributed by atoms with Gasteiger partial charge in [-0.15, -0.1) is 11.8 Å². The molecule has 1 aliphatic heterocycles. The molecule has 86 valence electrons. The molecule has 0 fully saturated rings. The Bertz CT molecular complexity index is 350. The molecule has 0 saturated carbocycles. The molecule has 1 N–H and O–H groups in total. The summed E-state index contributed by atoms with van der Waals surface area (Å²) in [6.07, 6.45) is 3.23. The van der Waals surface area contributed by atoms with E-state index in [4.69, 9.17) is 4.74 Å². The quantitative estimate of drug-likeness (QED) is 0.793. The van der Waals surface area contributed by atoms with Crippen LogP contribution in [0.2, 0.25) is 0 Å². The number of hydrogen-bond donors (Lipinski definition) is 1. The molecule has 0 spiro atoms. The maximum atomic E-state index is 5.58. The molecule has 1 aromatic carbocycles. The van der Waals surface area contributed by atoms with Crippen molar-refractivity contribution in [3.05, 3.63) is 42.2 Å². The Hall–Kier alpha value is -0.930. The van der Waals surface area contributed by atoms with E-state index >= 15 is 0 Å². The zero-order valence-electron chi connectivity index (χ0n) is 9.48. The predicted molar refractivity (Wildman–Crippen MR) is 68.7 cm³/mol. The van der Waals surface area contributed by atoms with E-state index in [1.807, 2.05) is 24.9 Å².